The third-order valence-electron chi connectivity index (χ3n) is 5.66. The number of hydrogen-bond donors (Lipinski definition) is 2. The highest BCUT2D eigenvalue weighted by Crippen LogP contribution is 2.34. The normalized spacial score (nSPS) is 21.3. The van der Waals surface area contributed by atoms with E-state index in [4.69, 9.17) is 22.1 Å². The lowest BCUT2D eigenvalue weighted by Crippen LogP contribution is -2.33. The molecule has 2 aromatic heterocycles. The lowest BCUT2D eigenvalue weighted by Gasteiger charge is -2.27. The van der Waals surface area contributed by atoms with E-state index < -0.39 is 6.09 Å². The molecule has 0 spiro atoms. The molecule has 2 aromatic rings. The largest absolute Gasteiger partial charge is 0.446 e. The Balaban J connectivity index is 1.50. The maximum atomic E-state index is 12.7. The van der Waals surface area contributed by atoms with Gasteiger partial charge in [0.2, 0.25) is 5.91 Å². The summed E-state index contributed by atoms with van der Waals surface area (Å²) in [6, 6.07) is 1.80. The molecule has 2 atom stereocenters. The van der Waals surface area contributed by atoms with Crippen molar-refractivity contribution in [3.8, 4) is 11.1 Å². The number of nitrogens with zero attached hydrogens (tertiary/aromatic N) is 3. The molecule has 154 valence electrons. The number of pyridine rings is 1. The summed E-state index contributed by atoms with van der Waals surface area (Å²) in [4.78, 5) is 28.0. The summed E-state index contributed by atoms with van der Waals surface area (Å²) in [5.74, 6) is 0.0571. The average molecular weight is 418 g/mol. The molecule has 0 aromatic carbocycles. The molecule has 0 saturated heterocycles. The summed E-state index contributed by atoms with van der Waals surface area (Å²) < 4.78 is 7.10. The first-order valence-electron chi connectivity index (χ1n) is 9.99. The van der Waals surface area contributed by atoms with E-state index in [1.165, 1.54) is 5.69 Å². The van der Waals surface area contributed by atoms with Crippen LogP contribution in [0.5, 0.6) is 0 Å². The lowest BCUT2D eigenvalue weighted by molar-refractivity contribution is -0.122. The summed E-state index contributed by atoms with van der Waals surface area (Å²) in [6.45, 7) is 0.915. The predicted molar refractivity (Wildman–Crippen MR) is 108 cm³/mol. The maximum Gasteiger partial charge on any atom is 0.404 e. The van der Waals surface area contributed by atoms with Crippen molar-refractivity contribution in [2.45, 2.75) is 57.6 Å². The van der Waals surface area contributed by atoms with Crippen LogP contribution in [0.3, 0.4) is 0 Å². The van der Waals surface area contributed by atoms with Crippen LogP contribution in [-0.4, -0.2) is 32.9 Å². The van der Waals surface area contributed by atoms with E-state index in [1.54, 1.807) is 12.3 Å². The van der Waals surface area contributed by atoms with Gasteiger partial charge in [0.25, 0.3) is 0 Å². The van der Waals surface area contributed by atoms with Gasteiger partial charge in [-0.25, -0.2) is 9.78 Å². The fourth-order valence-corrected chi connectivity index (χ4v) is 4.45. The number of carbonyl (C=O) groups is 2. The molecule has 0 unspecified atom stereocenters. The van der Waals surface area contributed by atoms with Crippen molar-refractivity contribution in [1.82, 2.24) is 14.8 Å². The maximum absolute atomic E-state index is 12.7. The molecule has 0 bridgehead atoms. The molecular formula is C20H24ClN5O3. The molecule has 2 aliphatic rings. The lowest BCUT2D eigenvalue weighted by atomic mass is 9.86. The number of rotatable bonds is 4. The Labute approximate surface area is 173 Å². The van der Waals surface area contributed by atoms with E-state index >= 15 is 0 Å². The van der Waals surface area contributed by atoms with Crippen LogP contribution >= 0.6 is 11.6 Å². The Kier molecular flexibility index (Phi) is 5.71. The zero-order chi connectivity index (χ0) is 20.4. The van der Waals surface area contributed by atoms with Crippen LogP contribution in [0.15, 0.2) is 18.5 Å². The number of nitrogens with two attached hydrogens (primary N) is 1. The smallest absolute Gasteiger partial charge is 0.404 e. The van der Waals surface area contributed by atoms with Gasteiger partial charge in [-0.05, 0) is 51.0 Å². The van der Waals surface area contributed by atoms with E-state index in [0.717, 1.165) is 56.2 Å². The number of ether oxygens (including phenoxy) is 1. The fraction of sp³-hybridized carbons (Fsp3) is 0.500. The molecule has 4 rings (SSSR count). The number of nitrogens with one attached hydrogen (secondary N) is 1. The SMILES string of the molecule is NC(=O)O[C@@H]1CCC[C@H](C(=O)Nc2cc(-c3cnn4c3CCCC4)c(Cl)cn2)C1. The van der Waals surface area contributed by atoms with E-state index in [9.17, 15) is 9.59 Å². The molecule has 1 aliphatic heterocycles. The minimum atomic E-state index is -0.801. The predicted octanol–water partition coefficient (Wildman–Crippen LogP) is 3.53. The van der Waals surface area contributed by atoms with Crippen LogP contribution in [0.25, 0.3) is 11.1 Å². The molecule has 1 fully saturated rings. The standard InChI is InChI=1S/C20H24ClN5O3/c21-16-11-23-18(9-14(16)15-10-24-26-7-2-1-6-17(15)26)25-19(27)12-4-3-5-13(8-12)29-20(22)28/h9-13H,1-8H2,(H2,22,28)(H,23,25,27)/t12-,13+/m0/s1. The highest BCUT2D eigenvalue weighted by Gasteiger charge is 2.29. The van der Waals surface area contributed by atoms with Crippen LogP contribution in [0.1, 0.15) is 44.2 Å². The summed E-state index contributed by atoms with van der Waals surface area (Å²) in [5, 5.41) is 7.88. The Morgan fingerprint density at radius 1 is 1.21 bits per heavy atom. The van der Waals surface area contributed by atoms with E-state index in [-0.39, 0.29) is 17.9 Å². The Bertz CT molecular complexity index is 929. The number of anilines is 1. The first kappa shape index (κ1) is 19.7. The van der Waals surface area contributed by atoms with Gasteiger partial charge in [-0.1, -0.05) is 11.6 Å². The van der Waals surface area contributed by atoms with E-state index in [1.807, 2.05) is 10.9 Å². The molecule has 3 heterocycles. The monoisotopic (exact) mass is 417 g/mol. The van der Waals surface area contributed by atoms with Crippen molar-refractivity contribution >= 4 is 29.4 Å². The van der Waals surface area contributed by atoms with Gasteiger partial charge in [0.05, 0.1) is 11.2 Å². The van der Waals surface area contributed by atoms with Gasteiger partial charge in [-0.3, -0.25) is 9.48 Å². The third-order valence-corrected chi connectivity index (χ3v) is 5.96. The van der Waals surface area contributed by atoms with Gasteiger partial charge in [0.1, 0.15) is 11.9 Å². The average Bonchev–Trinajstić information content (AvgIpc) is 3.13. The number of carbonyl (C=O) groups excluding carboxylic acids is 2. The van der Waals surface area contributed by atoms with Gasteiger partial charge >= 0.3 is 6.09 Å². The van der Waals surface area contributed by atoms with Crippen molar-refractivity contribution in [3.05, 3.63) is 29.2 Å². The number of primary amides is 1. The molecule has 9 heteroatoms. The summed E-state index contributed by atoms with van der Waals surface area (Å²) >= 11 is 6.41. The quantitative estimate of drug-likeness (QED) is 0.790. The number of amides is 2. The van der Waals surface area contributed by atoms with Crippen LogP contribution in [0.2, 0.25) is 5.02 Å². The minimum absolute atomic E-state index is 0.138. The molecule has 8 nitrogen and oxygen atoms in total. The highest BCUT2D eigenvalue weighted by molar-refractivity contribution is 6.33. The van der Waals surface area contributed by atoms with E-state index in [2.05, 4.69) is 15.4 Å². The van der Waals surface area contributed by atoms with Crippen molar-refractivity contribution < 1.29 is 14.3 Å². The Morgan fingerprint density at radius 2 is 2.07 bits per heavy atom. The zero-order valence-corrected chi connectivity index (χ0v) is 16.8. The van der Waals surface area contributed by atoms with Gasteiger partial charge in [0.15, 0.2) is 0 Å². The second kappa shape index (κ2) is 8.41. The summed E-state index contributed by atoms with van der Waals surface area (Å²) in [7, 11) is 0. The molecule has 2 amide bonds. The first-order chi connectivity index (χ1) is 14.0. The summed E-state index contributed by atoms with van der Waals surface area (Å²) in [6.07, 6.45) is 8.21. The van der Waals surface area contributed by atoms with Gasteiger partial charge in [0, 0.05) is 35.5 Å². The fourth-order valence-electron chi connectivity index (χ4n) is 4.24. The zero-order valence-electron chi connectivity index (χ0n) is 16.1. The first-order valence-corrected chi connectivity index (χ1v) is 10.4. The minimum Gasteiger partial charge on any atom is -0.446 e. The van der Waals surface area contributed by atoms with Crippen LogP contribution in [-0.2, 0) is 22.5 Å². The molecule has 1 saturated carbocycles. The number of halogens is 1. The number of hydrogen-bond acceptors (Lipinski definition) is 5. The van der Waals surface area contributed by atoms with Gasteiger partial charge in [-0.15, -0.1) is 0 Å². The van der Waals surface area contributed by atoms with Crippen molar-refractivity contribution in [3.63, 3.8) is 0 Å². The molecule has 29 heavy (non-hydrogen) atoms. The van der Waals surface area contributed by atoms with Crippen LogP contribution in [0, 0.1) is 5.92 Å². The van der Waals surface area contributed by atoms with Crippen LogP contribution < -0.4 is 11.1 Å². The summed E-state index contributed by atoms with van der Waals surface area (Å²) in [5.41, 5.74) is 8.07. The Hall–Kier alpha value is -2.61. The molecular weight excluding hydrogens is 394 g/mol. The molecule has 3 N–H and O–H groups in total. The number of aryl methyl sites for hydroxylation is 1. The second-order valence-corrected chi connectivity index (χ2v) is 8.05. The Morgan fingerprint density at radius 3 is 2.90 bits per heavy atom. The second-order valence-electron chi connectivity index (χ2n) is 7.65. The molecule has 0 radical (unpaired) electrons. The number of aromatic nitrogens is 3. The van der Waals surface area contributed by atoms with Gasteiger partial charge in [-0.2, -0.15) is 5.10 Å². The topological polar surface area (TPSA) is 112 Å². The van der Waals surface area contributed by atoms with Crippen molar-refractivity contribution in [1.29, 1.82) is 0 Å². The number of fused-ring (bicyclic) bond motifs is 1. The van der Waals surface area contributed by atoms with E-state index in [0.29, 0.717) is 17.3 Å². The third kappa shape index (κ3) is 4.37. The van der Waals surface area contributed by atoms with Crippen LogP contribution in [0.4, 0.5) is 10.6 Å². The van der Waals surface area contributed by atoms with Gasteiger partial charge < -0.3 is 15.8 Å². The van der Waals surface area contributed by atoms with Crippen molar-refractivity contribution in [2.24, 2.45) is 11.7 Å². The highest BCUT2D eigenvalue weighted by atomic mass is 35.5. The van der Waals surface area contributed by atoms with Crippen molar-refractivity contribution in [2.75, 3.05) is 5.32 Å². The molecule has 1 aliphatic carbocycles.